The normalized spacial score (nSPS) is 16.3. The van der Waals surface area contributed by atoms with Gasteiger partial charge in [0.2, 0.25) is 0 Å². The zero-order valence-corrected chi connectivity index (χ0v) is 10.6. The second-order valence-electron chi connectivity index (χ2n) is 5.00. The van der Waals surface area contributed by atoms with Gasteiger partial charge in [-0.15, -0.1) is 0 Å². The van der Waals surface area contributed by atoms with Crippen molar-refractivity contribution in [3.8, 4) is 0 Å². The molecule has 0 aliphatic heterocycles. The molecule has 1 fully saturated rings. The summed E-state index contributed by atoms with van der Waals surface area (Å²) in [5.74, 6) is -2.71. The fourth-order valence-electron chi connectivity index (χ4n) is 2.49. The van der Waals surface area contributed by atoms with E-state index in [1.807, 2.05) is 0 Å². The lowest BCUT2D eigenvalue weighted by Gasteiger charge is -2.22. The van der Waals surface area contributed by atoms with E-state index in [-0.39, 0.29) is 5.69 Å². The van der Waals surface area contributed by atoms with Crippen LogP contribution in [0.4, 0.5) is 14.5 Å². The molecule has 19 heavy (non-hydrogen) atoms. The number of anilines is 1. The number of halogens is 2. The largest absolute Gasteiger partial charge is 0.478 e. The number of nitrogens with one attached hydrogen (secondary N) is 1. The number of hydrogen-bond donors (Lipinski definition) is 2. The molecular formula is C14H17F2NO2. The summed E-state index contributed by atoms with van der Waals surface area (Å²) >= 11 is 0. The van der Waals surface area contributed by atoms with Crippen molar-refractivity contribution >= 4 is 11.7 Å². The molecule has 0 aromatic heterocycles. The minimum absolute atomic E-state index is 0.0596. The maximum absolute atomic E-state index is 13.6. The predicted molar refractivity (Wildman–Crippen MR) is 68.4 cm³/mol. The molecule has 0 saturated heterocycles. The molecule has 2 N–H and O–H groups in total. The number of benzene rings is 1. The number of carboxylic acids is 1. The summed E-state index contributed by atoms with van der Waals surface area (Å²) in [5.41, 5.74) is -0.447. The summed E-state index contributed by atoms with van der Waals surface area (Å²) < 4.78 is 26.8. The molecule has 0 heterocycles. The summed E-state index contributed by atoms with van der Waals surface area (Å²) in [5, 5.41) is 11.7. The summed E-state index contributed by atoms with van der Waals surface area (Å²) in [6.07, 6.45) is 5.80. The van der Waals surface area contributed by atoms with Crippen LogP contribution in [0.2, 0.25) is 0 Å². The molecule has 0 radical (unpaired) electrons. The Labute approximate surface area is 110 Å². The Morgan fingerprint density at radius 1 is 1.21 bits per heavy atom. The Kier molecular flexibility index (Phi) is 4.35. The highest BCUT2D eigenvalue weighted by Crippen LogP contribution is 2.25. The van der Waals surface area contributed by atoms with E-state index in [1.54, 1.807) is 0 Å². The van der Waals surface area contributed by atoms with Crippen molar-refractivity contribution < 1.29 is 18.7 Å². The first kappa shape index (κ1) is 13.8. The third-order valence-corrected chi connectivity index (χ3v) is 3.59. The first-order valence-corrected chi connectivity index (χ1v) is 6.54. The van der Waals surface area contributed by atoms with Crippen LogP contribution in [-0.2, 0) is 0 Å². The van der Waals surface area contributed by atoms with Gasteiger partial charge in [-0.3, -0.25) is 0 Å². The summed E-state index contributed by atoms with van der Waals surface area (Å²) in [4.78, 5) is 10.8. The molecule has 104 valence electrons. The van der Waals surface area contributed by atoms with Gasteiger partial charge >= 0.3 is 5.97 Å². The second-order valence-corrected chi connectivity index (χ2v) is 5.00. The van der Waals surface area contributed by atoms with Crippen molar-refractivity contribution in [2.45, 2.75) is 32.1 Å². The Hall–Kier alpha value is -1.65. The van der Waals surface area contributed by atoms with Crippen LogP contribution in [0.25, 0.3) is 0 Å². The molecule has 0 unspecified atom stereocenters. The third kappa shape index (κ3) is 3.43. The first-order valence-electron chi connectivity index (χ1n) is 6.54. The first-order chi connectivity index (χ1) is 9.08. The van der Waals surface area contributed by atoms with Crippen molar-refractivity contribution in [2.24, 2.45) is 5.92 Å². The molecule has 1 aromatic rings. The lowest BCUT2D eigenvalue weighted by molar-refractivity contribution is 0.0692. The molecule has 1 aliphatic rings. The molecule has 2 rings (SSSR count). The standard InChI is InChI=1S/C14H17F2NO2/c15-11-7-12(16)13(6-10(11)14(18)19)17-8-9-4-2-1-3-5-9/h6-7,9,17H,1-5,8H2,(H,18,19). The van der Waals surface area contributed by atoms with E-state index in [0.717, 1.165) is 18.9 Å². The Morgan fingerprint density at radius 3 is 2.53 bits per heavy atom. The summed E-state index contributed by atoms with van der Waals surface area (Å²) in [6, 6.07) is 1.64. The maximum Gasteiger partial charge on any atom is 0.338 e. The smallest absolute Gasteiger partial charge is 0.338 e. The quantitative estimate of drug-likeness (QED) is 0.877. The fraction of sp³-hybridized carbons (Fsp3) is 0.500. The van der Waals surface area contributed by atoms with E-state index in [9.17, 15) is 13.6 Å². The van der Waals surface area contributed by atoms with Crippen molar-refractivity contribution in [2.75, 3.05) is 11.9 Å². The van der Waals surface area contributed by atoms with Gasteiger partial charge in [0.25, 0.3) is 0 Å². The van der Waals surface area contributed by atoms with E-state index in [1.165, 1.54) is 19.3 Å². The minimum Gasteiger partial charge on any atom is -0.478 e. The van der Waals surface area contributed by atoms with Crippen molar-refractivity contribution in [1.82, 2.24) is 0 Å². The van der Waals surface area contributed by atoms with Crippen LogP contribution in [0.1, 0.15) is 42.5 Å². The molecule has 1 aromatic carbocycles. The van der Waals surface area contributed by atoms with E-state index >= 15 is 0 Å². The van der Waals surface area contributed by atoms with E-state index < -0.39 is 23.2 Å². The zero-order valence-electron chi connectivity index (χ0n) is 10.6. The number of carboxylic acid groups (broad SMARTS) is 1. The van der Waals surface area contributed by atoms with E-state index in [2.05, 4.69) is 5.32 Å². The SMILES string of the molecule is O=C(O)c1cc(NCC2CCCCC2)c(F)cc1F. The van der Waals surface area contributed by atoms with Crippen molar-refractivity contribution in [3.63, 3.8) is 0 Å². The van der Waals surface area contributed by atoms with Gasteiger partial charge in [-0.1, -0.05) is 19.3 Å². The van der Waals surface area contributed by atoms with Gasteiger partial charge in [-0.05, 0) is 24.8 Å². The molecule has 3 nitrogen and oxygen atoms in total. The van der Waals surface area contributed by atoms with Crippen LogP contribution in [-0.4, -0.2) is 17.6 Å². The fourth-order valence-corrected chi connectivity index (χ4v) is 2.49. The highest BCUT2D eigenvalue weighted by Gasteiger charge is 2.17. The van der Waals surface area contributed by atoms with Gasteiger partial charge in [0.05, 0.1) is 11.3 Å². The lowest BCUT2D eigenvalue weighted by atomic mass is 9.89. The topological polar surface area (TPSA) is 49.3 Å². The van der Waals surface area contributed by atoms with Gasteiger partial charge in [0.15, 0.2) is 0 Å². The summed E-state index contributed by atoms with van der Waals surface area (Å²) in [7, 11) is 0. The minimum atomic E-state index is -1.39. The molecule has 1 aliphatic carbocycles. The highest BCUT2D eigenvalue weighted by molar-refractivity contribution is 5.89. The van der Waals surface area contributed by atoms with Crippen LogP contribution in [0.15, 0.2) is 12.1 Å². The zero-order chi connectivity index (χ0) is 13.8. The van der Waals surface area contributed by atoms with Gasteiger partial charge in [-0.25, -0.2) is 13.6 Å². The molecule has 0 amide bonds. The Bertz CT molecular complexity index is 471. The van der Waals surface area contributed by atoms with Crippen molar-refractivity contribution in [1.29, 1.82) is 0 Å². The Morgan fingerprint density at radius 2 is 1.89 bits per heavy atom. The number of carbonyl (C=O) groups is 1. The number of rotatable bonds is 4. The number of hydrogen-bond acceptors (Lipinski definition) is 2. The monoisotopic (exact) mass is 269 g/mol. The van der Waals surface area contributed by atoms with Gasteiger partial charge in [-0.2, -0.15) is 0 Å². The van der Waals surface area contributed by atoms with Gasteiger partial charge in [0.1, 0.15) is 11.6 Å². The Balaban J connectivity index is 2.06. The summed E-state index contributed by atoms with van der Waals surface area (Å²) in [6.45, 7) is 0.599. The molecule has 1 saturated carbocycles. The average Bonchev–Trinajstić information content (AvgIpc) is 2.38. The number of aromatic carboxylic acids is 1. The molecule has 0 spiro atoms. The second kappa shape index (κ2) is 5.99. The van der Waals surface area contributed by atoms with E-state index in [4.69, 9.17) is 5.11 Å². The molecule has 0 bridgehead atoms. The van der Waals surface area contributed by atoms with Crippen LogP contribution in [0, 0.1) is 17.6 Å². The lowest BCUT2D eigenvalue weighted by Crippen LogP contribution is -2.18. The average molecular weight is 269 g/mol. The van der Waals surface area contributed by atoms with Gasteiger partial charge in [0, 0.05) is 12.6 Å². The van der Waals surface area contributed by atoms with Crippen LogP contribution < -0.4 is 5.32 Å². The molecule has 0 atom stereocenters. The van der Waals surface area contributed by atoms with E-state index in [0.29, 0.717) is 18.5 Å². The van der Waals surface area contributed by atoms with Crippen LogP contribution >= 0.6 is 0 Å². The van der Waals surface area contributed by atoms with Crippen LogP contribution in [0.3, 0.4) is 0 Å². The maximum atomic E-state index is 13.6. The predicted octanol–water partition coefficient (Wildman–Crippen LogP) is 3.66. The molecular weight excluding hydrogens is 252 g/mol. The highest BCUT2D eigenvalue weighted by atomic mass is 19.1. The van der Waals surface area contributed by atoms with Crippen LogP contribution in [0.5, 0.6) is 0 Å². The third-order valence-electron chi connectivity index (χ3n) is 3.59. The van der Waals surface area contributed by atoms with Gasteiger partial charge < -0.3 is 10.4 Å². The molecule has 5 heteroatoms. The van der Waals surface area contributed by atoms with Crippen molar-refractivity contribution in [3.05, 3.63) is 29.3 Å².